The summed E-state index contributed by atoms with van der Waals surface area (Å²) in [6, 6.07) is 7.56. The van der Waals surface area contributed by atoms with Gasteiger partial charge in [0.15, 0.2) is 0 Å². The summed E-state index contributed by atoms with van der Waals surface area (Å²) < 4.78 is 12.3. The zero-order valence-corrected chi connectivity index (χ0v) is 19.5. The third-order valence-electron chi connectivity index (χ3n) is 7.02. The average Bonchev–Trinajstić information content (AvgIpc) is 3.51. The van der Waals surface area contributed by atoms with Gasteiger partial charge in [-0.1, -0.05) is 6.07 Å². The first-order chi connectivity index (χ1) is 17.1. The van der Waals surface area contributed by atoms with E-state index in [0.717, 1.165) is 32.2 Å². The minimum atomic E-state index is -0.476. The van der Waals surface area contributed by atoms with Crippen molar-refractivity contribution in [3.05, 3.63) is 46.6 Å². The molecule has 3 aliphatic heterocycles. The molecular formula is C24H27N7O4. The quantitative estimate of drug-likeness (QED) is 0.604. The van der Waals surface area contributed by atoms with Crippen LogP contribution in [0.1, 0.15) is 42.1 Å². The van der Waals surface area contributed by atoms with Crippen molar-refractivity contribution < 1.29 is 13.9 Å². The predicted octanol–water partition coefficient (Wildman–Crippen LogP) is 2.32. The van der Waals surface area contributed by atoms with Gasteiger partial charge in [0.1, 0.15) is 11.4 Å². The fourth-order valence-electron chi connectivity index (χ4n) is 5.20. The van der Waals surface area contributed by atoms with Crippen LogP contribution in [0.15, 0.2) is 39.7 Å². The first-order valence-corrected chi connectivity index (χ1v) is 12.0. The molecule has 2 aromatic heterocycles. The molecule has 182 valence electrons. The summed E-state index contributed by atoms with van der Waals surface area (Å²) in [6.45, 7) is 2.60. The summed E-state index contributed by atoms with van der Waals surface area (Å²) in [5, 5.41) is 7.44. The van der Waals surface area contributed by atoms with Crippen molar-refractivity contribution in [1.29, 1.82) is 0 Å². The minimum Gasteiger partial charge on any atom is -0.388 e. The number of nitrogens with zero attached hydrogens (tertiary/aromatic N) is 6. The lowest BCUT2D eigenvalue weighted by Gasteiger charge is -2.27. The summed E-state index contributed by atoms with van der Waals surface area (Å²) in [5.41, 5.74) is 1.84. The summed E-state index contributed by atoms with van der Waals surface area (Å²) in [4.78, 5) is 39.1. The molecule has 1 N–H and O–H groups in total. The number of fused-ring (bicyclic) bond motifs is 3. The van der Waals surface area contributed by atoms with Gasteiger partial charge in [-0.05, 0) is 43.9 Å². The van der Waals surface area contributed by atoms with Gasteiger partial charge < -0.3 is 24.3 Å². The van der Waals surface area contributed by atoms with Crippen LogP contribution in [0, 0.1) is 0 Å². The molecule has 3 aromatic rings. The highest BCUT2D eigenvalue weighted by Crippen LogP contribution is 2.35. The maximum Gasteiger partial charge on any atom is 0.437 e. The van der Waals surface area contributed by atoms with Crippen molar-refractivity contribution in [2.24, 2.45) is 0 Å². The van der Waals surface area contributed by atoms with Crippen LogP contribution in [-0.4, -0.2) is 65.0 Å². The molecule has 1 amide bonds. The zero-order chi connectivity index (χ0) is 23.9. The Hall–Kier alpha value is -3.73. The second kappa shape index (κ2) is 8.81. The molecule has 5 heterocycles. The third kappa shape index (κ3) is 3.85. The Morgan fingerprint density at radius 1 is 1.11 bits per heavy atom. The molecule has 6 rings (SSSR count). The highest BCUT2D eigenvalue weighted by atomic mass is 16.5. The van der Waals surface area contributed by atoms with Gasteiger partial charge in [0.2, 0.25) is 11.8 Å². The van der Waals surface area contributed by atoms with Gasteiger partial charge in [-0.2, -0.15) is 9.67 Å². The van der Waals surface area contributed by atoms with Crippen LogP contribution < -0.4 is 20.9 Å². The molecule has 3 aliphatic rings. The molecule has 11 heteroatoms. The van der Waals surface area contributed by atoms with Crippen LogP contribution in [0.2, 0.25) is 0 Å². The highest BCUT2D eigenvalue weighted by molar-refractivity contribution is 6.10. The smallest absolute Gasteiger partial charge is 0.388 e. The van der Waals surface area contributed by atoms with E-state index in [1.54, 1.807) is 18.1 Å². The van der Waals surface area contributed by atoms with Gasteiger partial charge in [0.05, 0.1) is 6.04 Å². The lowest BCUT2D eigenvalue weighted by atomic mass is 10.1. The molecule has 0 saturated carbocycles. The molecule has 11 nitrogen and oxygen atoms in total. The Morgan fingerprint density at radius 3 is 2.80 bits per heavy atom. The fraction of sp³-hybridized carbons (Fsp3) is 0.458. The average molecular weight is 478 g/mol. The summed E-state index contributed by atoms with van der Waals surface area (Å²) in [7, 11) is 1.77. The summed E-state index contributed by atoms with van der Waals surface area (Å²) in [6.07, 6.45) is 5.07. The summed E-state index contributed by atoms with van der Waals surface area (Å²) >= 11 is 0. The third-order valence-corrected chi connectivity index (χ3v) is 7.02. The van der Waals surface area contributed by atoms with E-state index in [-0.39, 0.29) is 23.9 Å². The van der Waals surface area contributed by atoms with Crippen LogP contribution in [0.3, 0.4) is 0 Å². The SMILES string of the molecule is CNc1ncc2c(n1)N1CCCC1CN(c1cccc(-c3nn(C4CCOCC4)c(=O)o3)c1)C2=O. The van der Waals surface area contributed by atoms with E-state index in [2.05, 4.69) is 25.3 Å². The van der Waals surface area contributed by atoms with Gasteiger partial charge in [0, 0.05) is 56.8 Å². The Labute approximate surface area is 201 Å². The zero-order valence-electron chi connectivity index (χ0n) is 19.5. The molecule has 0 radical (unpaired) electrons. The topological polar surface area (TPSA) is 119 Å². The predicted molar refractivity (Wildman–Crippen MR) is 129 cm³/mol. The van der Waals surface area contributed by atoms with Crippen LogP contribution in [0.5, 0.6) is 0 Å². The van der Waals surface area contributed by atoms with E-state index >= 15 is 0 Å². The van der Waals surface area contributed by atoms with Gasteiger partial charge in [-0.15, -0.1) is 5.10 Å². The Bertz CT molecular complexity index is 1310. The van der Waals surface area contributed by atoms with Crippen LogP contribution >= 0.6 is 0 Å². The molecule has 2 saturated heterocycles. The van der Waals surface area contributed by atoms with E-state index in [9.17, 15) is 9.59 Å². The standard InChI is InChI=1S/C24H27N7O4/c1-25-23-26-13-19-20(27-23)29-9-3-6-18(29)14-30(22(19)32)17-5-2-4-15(12-17)21-28-31(24(33)35-21)16-7-10-34-11-8-16/h2,4-5,12-13,16,18H,3,6-11,14H2,1H3,(H,25,26,27). The number of carbonyl (C=O) groups is 1. The van der Waals surface area contributed by atoms with Crippen molar-refractivity contribution in [2.75, 3.05) is 48.5 Å². The van der Waals surface area contributed by atoms with Gasteiger partial charge in [-0.25, -0.2) is 9.78 Å². The number of rotatable bonds is 4. The molecule has 0 spiro atoms. The molecular weight excluding hydrogens is 450 g/mol. The number of hydrogen-bond donors (Lipinski definition) is 1. The Morgan fingerprint density at radius 2 is 1.97 bits per heavy atom. The van der Waals surface area contributed by atoms with Crippen molar-refractivity contribution in [2.45, 2.75) is 37.8 Å². The monoisotopic (exact) mass is 477 g/mol. The molecule has 2 fully saturated rings. The largest absolute Gasteiger partial charge is 0.437 e. The second-order valence-corrected chi connectivity index (χ2v) is 9.10. The summed E-state index contributed by atoms with van der Waals surface area (Å²) in [5.74, 6) is 0.791. The molecule has 1 unspecified atom stereocenters. The first-order valence-electron chi connectivity index (χ1n) is 12.0. The number of aromatic nitrogens is 4. The van der Waals surface area contributed by atoms with Crippen molar-refractivity contribution in [3.8, 4) is 11.5 Å². The number of anilines is 3. The molecule has 35 heavy (non-hydrogen) atoms. The maximum absolute atomic E-state index is 13.7. The number of amides is 1. The van der Waals surface area contributed by atoms with Crippen molar-refractivity contribution in [3.63, 3.8) is 0 Å². The number of benzene rings is 1. The van der Waals surface area contributed by atoms with Crippen molar-refractivity contribution in [1.82, 2.24) is 19.7 Å². The number of carbonyl (C=O) groups excluding carboxylic acids is 1. The number of hydrogen-bond acceptors (Lipinski definition) is 9. The van der Waals surface area contributed by atoms with Crippen LogP contribution in [0.25, 0.3) is 11.5 Å². The maximum atomic E-state index is 13.7. The van der Waals surface area contributed by atoms with Gasteiger partial charge >= 0.3 is 5.76 Å². The number of ether oxygens (including phenoxy) is 1. The van der Waals surface area contributed by atoms with Gasteiger partial charge in [0.25, 0.3) is 5.91 Å². The second-order valence-electron chi connectivity index (χ2n) is 9.10. The molecule has 1 atom stereocenters. The highest BCUT2D eigenvalue weighted by Gasteiger charge is 2.37. The molecule has 0 bridgehead atoms. The Balaban J connectivity index is 1.36. The lowest BCUT2D eigenvalue weighted by molar-refractivity contribution is 0.0644. The van der Waals surface area contributed by atoms with E-state index in [1.165, 1.54) is 4.68 Å². The number of nitrogens with one attached hydrogen (secondary N) is 1. The lowest BCUT2D eigenvalue weighted by Crippen LogP contribution is -2.39. The van der Waals surface area contributed by atoms with E-state index in [1.807, 2.05) is 24.3 Å². The van der Waals surface area contributed by atoms with Gasteiger partial charge in [-0.3, -0.25) is 4.79 Å². The first kappa shape index (κ1) is 21.8. The van der Waals surface area contributed by atoms with Crippen LogP contribution in [-0.2, 0) is 4.74 Å². The van der Waals surface area contributed by atoms with E-state index < -0.39 is 5.76 Å². The fourth-order valence-corrected chi connectivity index (χ4v) is 5.20. The Kier molecular flexibility index (Phi) is 5.48. The minimum absolute atomic E-state index is 0.0310. The van der Waals surface area contributed by atoms with Crippen LogP contribution in [0.4, 0.5) is 17.5 Å². The normalized spacial score (nSPS) is 20.5. The van der Waals surface area contributed by atoms with E-state index in [4.69, 9.17) is 9.15 Å². The molecule has 1 aromatic carbocycles. The van der Waals surface area contributed by atoms with Crippen molar-refractivity contribution >= 4 is 23.4 Å². The molecule has 0 aliphatic carbocycles. The van der Waals surface area contributed by atoms with E-state index in [0.29, 0.717) is 48.3 Å².